The van der Waals surface area contributed by atoms with Crippen molar-refractivity contribution in [1.82, 2.24) is 0 Å². The monoisotopic (exact) mass is 243 g/mol. The standard InChI is InChI=1S/C10H13NO6/c1-17-10(14)9(13)5-6-2-3-7(11(15)16)8(12)4-6/h2-4,9,11-13,15H,5H2,1H3/t9-/m1/s1. The van der Waals surface area contributed by atoms with Crippen molar-refractivity contribution in [2.75, 3.05) is 7.11 Å². The highest BCUT2D eigenvalue weighted by Gasteiger charge is 2.17. The molecule has 17 heavy (non-hydrogen) atoms. The second kappa shape index (κ2) is 5.60. The van der Waals surface area contributed by atoms with Crippen LogP contribution in [0.4, 0.5) is 5.69 Å². The Morgan fingerprint density at radius 3 is 2.71 bits per heavy atom. The first-order chi connectivity index (χ1) is 7.95. The molecule has 0 fully saturated rings. The lowest BCUT2D eigenvalue weighted by Gasteiger charge is -2.14. The highest BCUT2D eigenvalue weighted by molar-refractivity contribution is 5.74. The van der Waals surface area contributed by atoms with Crippen LogP contribution in [0, 0.1) is 5.21 Å². The lowest BCUT2D eigenvalue weighted by molar-refractivity contribution is -0.991. The van der Waals surface area contributed by atoms with Crippen molar-refractivity contribution in [3.8, 4) is 5.75 Å². The van der Waals surface area contributed by atoms with E-state index in [9.17, 15) is 20.2 Å². The molecule has 7 heteroatoms. The number of aliphatic hydroxyl groups is 1. The van der Waals surface area contributed by atoms with Gasteiger partial charge in [0.05, 0.1) is 7.11 Å². The van der Waals surface area contributed by atoms with E-state index in [-0.39, 0.29) is 12.1 Å². The van der Waals surface area contributed by atoms with Crippen molar-refractivity contribution < 1.29 is 30.2 Å². The number of quaternary nitrogens is 1. The van der Waals surface area contributed by atoms with E-state index < -0.39 is 23.0 Å². The number of aromatic hydroxyl groups is 1. The number of phenols is 1. The van der Waals surface area contributed by atoms with Gasteiger partial charge in [0.2, 0.25) is 5.69 Å². The molecular weight excluding hydrogens is 230 g/mol. The fraction of sp³-hybridized carbons (Fsp3) is 0.300. The minimum atomic E-state index is -1.34. The van der Waals surface area contributed by atoms with Crippen LogP contribution in [0.15, 0.2) is 18.2 Å². The van der Waals surface area contributed by atoms with E-state index in [4.69, 9.17) is 5.21 Å². The Kier molecular flexibility index (Phi) is 4.41. The van der Waals surface area contributed by atoms with E-state index >= 15 is 0 Å². The Labute approximate surface area is 97.0 Å². The molecule has 94 valence electrons. The smallest absolute Gasteiger partial charge is 0.335 e. The first kappa shape index (κ1) is 13.4. The van der Waals surface area contributed by atoms with Crippen molar-refractivity contribution in [3.63, 3.8) is 0 Å². The molecule has 4 N–H and O–H groups in total. The summed E-state index contributed by atoms with van der Waals surface area (Å²) in [6, 6.07) is 3.81. The summed E-state index contributed by atoms with van der Waals surface area (Å²) in [5, 5.41) is 36.8. The number of carbonyl (C=O) groups excluding carboxylic acids is 1. The summed E-state index contributed by atoms with van der Waals surface area (Å²) in [7, 11) is 1.15. The number of benzene rings is 1. The third kappa shape index (κ3) is 3.40. The molecule has 1 aromatic carbocycles. The summed E-state index contributed by atoms with van der Waals surface area (Å²) >= 11 is 0. The van der Waals surface area contributed by atoms with Crippen LogP contribution >= 0.6 is 0 Å². The molecule has 0 amide bonds. The molecule has 1 rings (SSSR count). The SMILES string of the molecule is COC(=O)[C@H](O)Cc1ccc([NH+]([O-])O)c(O)c1. The third-order valence-corrected chi connectivity index (χ3v) is 2.19. The topological polar surface area (TPSA) is 114 Å². The fourth-order valence-corrected chi connectivity index (χ4v) is 1.33. The van der Waals surface area contributed by atoms with Gasteiger partial charge in [-0.3, -0.25) is 0 Å². The lowest BCUT2D eigenvalue weighted by Crippen LogP contribution is -2.99. The maximum absolute atomic E-state index is 10.9. The Morgan fingerprint density at radius 1 is 1.59 bits per heavy atom. The number of aliphatic hydroxyl groups excluding tert-OH is 1. The summed E-state index contributed by atoms with van der Waals surface area (Å²) in [5.41, 5.74) is 0.201. The first-order valence-corrected chi connectivity index (χ1v) is 4.76. The van der Waals surface area contributed by atoms with Crippen molar-refractivity contribution in [3.05, 3.63) is 29.0 Å². The van der Waals surface area contributed by atoms with Crippen molar-refractivity contribution >= 4 is 11.7 Å². The third-order valence-electron chi connectivity index (χ3n) is 2.19. The molecular formula is C10H13NO6. The van der Waals surface area contributed by atoms with Crippen LogP contribution in [0.5, 0.6) is 5.75 Å². The summed E-state index contributed by atoms with van der Waals surface area (Å²) in [5.74, 6) is -1.20. The predicted octanol–water partition coefficient (Wildman–Crippen LogP) is -1.13. The van der Waals surface area contributed by atoms with Crippen LogP contribution < -0.4 is 5.23 Å². The highest BCUT2D eigenvalue weighted by atomic mass is 16.8. The second-order valence-electron chi connectivity index (χ2n) is 3.40. The fourth-order valence-electron chi connectivity index (χ4n) is 1.33. The second-order valence-corrected chi connectivity index (χ2v) is 3.40. The van der Waals surface area contributed by atoms with Crippen LogP contribution in [0.2, 0.25) is 0 Å². The highest BCUT2D eigenvalue weighted by Crippen LogP contribution is 2.21. The first-order valence-electron chi connectivity index (χ1n) is 4.76. The van der Waals surface area contributed by atoms with E-state index in [0.717, 1.165) is 7.11 Å². The van der Waals surface area contributed by atoms with Crippen molar-refractivity contribution in [2.24, 2.45) is 0 Å². The summed E-state index contributed by atoms with van der Waals surface area (Å²) < 4.78 is 4.33. The van der Waals surface area contributed by atoms with Gasteiger partial charge in [-0.15, -0.1) is 0 Å². The number of nitrogens with one attached hydrogen (secondary N) is 1. The van der Waals surface area contributed by atoms with Gasteiger partial charge >= 0.3 is 5.97 Å². The summed E-state index contributed by atoms with van der Waals surface area (Å²) in [6.45, 7) is 0. The molecule has 0 heterocycles. The minimum Gasteiger partial charge on any atom is -0.595 e. The summed E-state index contributed by atoms with van der Waals surface area (Å²) in [6.07, 6.45) is -1.39. The molecule has 0 aliphatic carbocycles. The Balaban J connectivity index is 2.81. The zero-order chi connectivity index (χ0) is 13.0. The van der Waals surface area contributed by atoms with E-state index in [2.05, 4.69) is 4.74 Å². The van der Waals surface area contributed by atoms with Crippen molar-refractivity contribution in [1.29, 1.82) is 0 Å². The van der Waals surface area contributed by atoms with E-state index in [1.54, 1.807) is 0 Å². The molecule has 2 atom stereocenters. The van der Waals surface area contributed by atoms with Gasteiger partial charge in [-0.05, 0) is 11.6 Å². The molecule has 1 unspecified atom stereocenters. The number of hydrogen-bond donors (Lipinski definition) is 4. The number of ether oxygens (including phenoxy) is 1. The normalized spacial score (nSPS) is 14.1. The Morgan fingerprint density at radius 2 is 2.24 bits per heavy atom. The number of carbonyl (C=O) groups is 1. The number of hydrogen-bond acceptors (Lipinski definition) is 6. The molecule has 7 nitrogen and oxygen atoms in total. The molecule has 0 saturated carbocycles. The van der Waals surface area contributed by atoms with Gasteiger partial charge in [0.15, 0.2) is 11.9 Å². The lowest BCUT2D eigenvalue weighted by atomic mass is 10.1. The molecule has 0 bridgehead atoms. The number of phenolic OH excluding ortho intramolecular Hbond substituents is 1. The van der Waals surface area contributed by atoms with Gasteiger partial charge < -0.3 is 20.2 Å². The zero-order valence-electron chi connectivity index (χ0n) is 9.08. The predicted molar refractivity (Wildman–Crippen MR) is 55.6 cm³/mol. The molecule has 0 saturated heterocycles. The molecule has 0 radical (unpaired) electrons. The van der Waals surface area contributed by atoms with Crippen LogP contribution in [0.25, 0.3) is 0 Å². The van der Waals surface area contributed by atoms with Gasteiger partial charge in [0.25, 0.3) is 0 Å². The largest absolute Gasteiger partial charge is 0.595 e. The summed E-state index contributed by atoms with van der Waals surface area (Å²) in [4.78, 5) is 10.9. The Bertz CT molecular complexity index is 406. The molecule has 1 aromatic rings. The van der Waals surface area contributed by atoms with Gasteiger partial charge in [0.1, 0.15) is 0 Å². The maximum atomic E-state index is 10.9. The van der Waals surface area contributed by atoms with E-state index in [0.29, 0.717) is 5.56 Å². The van der Waals surface area contributed by atoms with Gasteiger partial charge in [0, 0.05) is 12.5 Å². The quantitative estimate of drug-likeness (QED) is 0.302. The minimum absolute atomic E-state index is 0.0554. The number of rotatable bonds is 4. The van der Waals surface area contributed by atoms with Crippen LogP contribution in [0.1, 0.15) is 5.56 Å². The average molecular weight is 243 g/mol. The number of esters is 1. The molecule has 0 aliphatic rings. The van der Waals surface area contributed by atoms with E-state index in [1.165, 1.54) is 18.2 Å². The van der Waals surface area contributed by atoms with Crippen LogP contribution in [-0.2, 0) is 16.0 Å². The van der Waals surface area contributed by atoms with Crippen LogP contribution in [-0.4, -0.2) is 34.6 Å². The molecule has 0 spiro atoms. The molecule has 0 aromatic heterocycles. The van der Waals surface area contributed by atoms with Crippen molar-refractivity contribution in [2.45, 2.75) is 12.5 Å². The number of methoxy groups -OCH3 is 1. The average Bonchev–Trinajstić information content (AvgIpc) is 2.27. The van der Waals surface area contributed by atoms with Gasteiger partial charge in [-0.25, -0.2) is 10.0 Å². The Hall–Kier alpha value is -1.67. The van der Waals surface area contributed by atoms with E-state index in [1.807, 2.05) is 0 Å². The molecule has 0 aliphatic heterocycles. The zero-order valence-corrected chi connectivity index (χ0v) is 9.08. The maximum Gasteiger partial charge on any atom is 0.335 e. The van der Waals surface area contributed by atoms with Crippen LogP contribution in [0.3, 0.4) is 0 Å². The van der Waals surface area contributed by atoms with Gasteiger partial charge in [-0.1, -0.05) is 6.07 Å². The van der Waals surface area contributed by atoms with Gasteiger partial charge in [-0.2, -0.15) is 5.23 Å².